The summed E-state index contributed by atoms with van der Waals surface area (Å²) in [7, 11) is -1.81. The molecular formula is C13H19FN2O3S. The second kappa shape index (κ2) is 6.17. The Morgan fingerprint density at radius 1 is 1.50 bits per heavy atom. The van der Waals surface area contributed by atoms with Crippen LogP contribution in [0.3, 0.4) is 0 Å². The molecule has 1 aliphatic heterocycles. The zero-order valence-corrected chi connectivity index (χ0v) is 12.4. The number of rotatable bonds is 4. The predicted octanol–water partition coefficient (Wildman–Crippen LogP) is 0.743. The lowest BCUT2D eigenvalue weighted by atomic mass is 10.2. The Bertz CT molecular complexity index is 575. The van der Waals surface area contributed by atoms with Crippen molar-refractivity contribution in [1.29, 1.82) is 0 Å². The third-order valence-electron chi connectivity index (χ3n) is 3.29. The van der Waals surface area contributed by atoms with E-state index in [2.05, 4.69) is 5.32 Å². The molecule has 5 nitrogen and oxygen atoms in total. The van der Waals surface area contributed by atoms with Crippen LogP contribution in [-0.2, 0) is 14.8 Å². The molecule has 0 aliphatic carbocycles. The van der Waals surface area contributed by atoms with Gasteiger partial charge in [-0.1, -0.05) is 0 Å². The minimum atomic E-state index is -3.60. The number of ether oxygens (including phenoxy) is 1. The fourth-order valence-electron chi connectivity index (χ4n) is 2.30. The van der Waals surface area contributed by atoms with E-state index in [9.17, 15) is 12.8 Å². The molecule has 20 heavy (non-hydrogen) atoms. The number of hydrogen-bond donors (Lipinski definition) is 1. The van der Waals surface area contributed by atoms with Crippen molar-refractivity contribution in [3.63, 3.8) is 0 Å². The van der Waals surface area contributed by atoms with Crippen molar-refractivity contribution in [2.24, 2.45) is 0 Å². The minimum Gasteiger partial charge on any atom is -0.374 e. The zero-order chi connectivity index (χ0) is 14.8. The Morgan fingerprint density at radius 2 is 2.25 bits per heavy atom. The number of hydrogen-bond acceptors (Lipinski definition) is 4. The van der Waals surface area contributed by atoms with Crippen molar-refractivity contribution in [3.05, 3.63) is 29.6 Å². The first kappa shape index (κ1) is 15.4. The number of halogens is 1. The largest absolute Gasteiger partial charge is 0.374 e. The van der Waals surface area contributed by atoms with Gasteiger partial charge in [-0.25, -0.2) is 12.8 Å². The Kier molecular flexibility index (Phi) is 4.74. The van der Waals surface area contributed by atoms with Gasteiger partial charge in [0.25, 0.3) is 0 Å². The van der Waals surface area contributed by atoms with Gasteiger partial charge in [0.1, 0.15) is 5.82 Å². The molecular weight excluding hydrogens is 283 g/mol. The highest BCUT2D eigenvalue weighted by Gasteiger charge is 2.31. The van der Waals surface area contributed by atoms with E-state index >= 15 is 0 Å². The third-order valence-corrected chi connectivity index (χ3v) is 5.31. The zero-order valence-electron chi connectivity index (χ0n) is 11.6. The molecule has 1 unspecified atom stereocenters. The number of benzene rings is 1. The summed E-state index contributed by atoms with van der Waals surface area (Å²) in [6, 6.07) is 3.73. The van der Waals surface area contributed by atoms with Gasteiger partial charge in [-0.2, -0.15) is 4.31 Å². The standard InChI is InChI=1S/C13H19FN2O3S/c1-10-7-11(14)3-4-13(10)20(17,18)16-5-6-19-12(9-16)8-15-2/h3-4,7,12,15H,5-6,8-9H2,1-2H3. The molecule has 1 fully saturated rings. The van der Waals surface area contributed by atoms with Crippen LogP contribution < -0.4 is 5.32 Å². The van der Waals surface area contributed by atoms with Crippen LogP contribution in [0.5, 0.6) is 0 Å². The summed E-state index contributed by atoms with van der Waals surface area (Å²) in [6.07, 6.45) is -0.163. The van der Waals surface area contributed by atoms with Crippen LogP contribution in [0.15, 0.2) is 23.1 Å². The third kappa shape index (κ3) is 3.17. The molecule has 1 heterocycles. The molecule has 0 aromatic heterocycles. The van der Waals surface area contributed by atoms with Crippen molar-refractivity contribution in [2.45, 2.75) is 17.9 Å². The summed E-state index contributed by atoms with van der Waals surface area (Å²) in [6.45, 7) is 3.18. The lowest BCUT2D eigenvalue weighted by molar-refractivity contribution is 0.000812. The molecule has 0 bridgehead atoms. The second-order valence-electron chi connectivity index (χ2n) is 4.82. The normalized spacial score (nSPS) is 21.1. The SMILES string of the molecule is CNCC1CN(S(=O)(=O)c2ccc(F)cc2C)CCO1. The van der Waals surface area contributed by atoms with Gasteiger partial charge in [0.2, 0.25) is 10.0 Å². The topological polar surface area (TPSA) is 58.6 Å². The van der Waals surface area contributed by atoms with E-state index in [0.717, 1.165) is 0 Å². The molecule has 0 radical (unpaired) electrons. The first-order chi connectivity index (χ1) is 9.45. The van der Waals surface area contributed by atoms with Gasteiger partial charge in [0.05, 0.1) is 17.6 Å². The predicted molar refractivity (Wildman–Crippen MR) is 73.6 cm³/mol. The molecule has 0 amide bonds. The number of nitrogens with one attached hydrogen (secondary N) is 1. The van der Waals surface area contributed by atoms with E-state index in [1.807, 2.05) is 0 Å². The highest BCUT2D eigenvalue weighted by molar-refractivity contribution is 7.89. The first-order valence-electron chi connectivity index (χ1n) is 6.47. The molecule has 1 aromatic carbocycles. The van der Waals surface area contributed by atoms with Gasteiger partial charge >= 0.3 is 0 Å². The Balaban J connectivity index is 2.25. The Hall–Kier alpha value is -1.02. The van der Waals surface area contributed by atoms with Gasteiger partial charge in [-0.3, -0.25) is 0 Å². The van der Waals surface area contributed by atoms with E-state index in [1.54, 1.807) is 14.0 Å². The molecule has 7 heteroatoms. The fraction of sp³-hybridized carbons (Fsp3) is 0.538. The van der Waals surface area contributed by atoms with Gasteiger partial charge in [0, 0.05) is 19.6 Å². The summed E-state index contributed by atoms with van der Waals surface area (Å²) in [5.41, 5.74) is 0.418. The van der Waals surface area contributed by atoms with Crippen LogP contribution in [0.2, 0.25) is 0 Å². The van der Waals surface area contributed by atoms with Gasteiger partial charge in [0.15, 0.2) is 0 Å². The Morgan fingerprint density at radius 3 is 2.90 bits per heavy atom. The lowest BCUT2D eigenvalue weighted by Crippen LogP contribution is -2.48. The molecule has 1 atom stereocenters. The van der Waals surface area contributed by atoms with Crippen LogP contribution >= 0.6 is 0 Å². The van der Waals surface area contributed by atoms with E-state index < -0.39 is 15.8 Å². The van der Waals surface area contributed by atoms with Crippen molar-refractivity contribution < 1.29 is 17.5 Å². The smallest absolute Gasteiger partial charge is 0.243 e. The van der Waals surface area contributed by atoms with E-state index in [4.69, 9.17) is 4.74 Å². The highest BCUT2D eigenvalue weighted by Crippen LogP contribution is 2.22. The van der Waals surface area contributed by atoms with E-state index in [1.165, 1.54) is 22.5 Å². The quantitative estimate of drug-likeness (QED) is 0.891. The fourth-order valence-corrected chi connectivity index (χ4v) is 3.96. The maximum Gasteiger partial charge on any atom is 0.243 e. The number of morpholine rings is 1. The molecule has 1 aromatic rings. The van der Waals surface area contributed by atoms with Gasteiger partial charge in [-0.15, -0.1) is 0 Å². The molecule has 2 rings (SSSR count). The van der Waals surface area contributed by atoms with E-state index in [0.29, 0.717) is 31.8 Å². The van der Waals surface area contributed by atoms with Crippen LogP contribution in [0.25, 0.3) is 0 Å². The summed E-state index contributed by atoms with van der Waals surface area (Å²) in [5, 5.41) is 2.97. The minimum absolute atomic E-state index is 0.156. The second-order valence-corrected chi connectivity index (χ2v) is 6.73. The van der Waals surface area contributed by atoms with Gasteiger partial charge < -0.3 is 10.1 Å². The summed E-state index contributed by atoms with van der Waals surface area (Å²) in [5.74, 6) is -0.434. The lowest BCUT2D eigenvalue weighted by Gasteiger charge is -2.32. The average molecular weight is 302 g/mol. The highest BCUT2D eigenvalue weighted by atomic mass is 32.2. The number of nitrogens with zero attached hydrogens (tertiary/aromatic N) is 1. The van der Waals surface area contributed by atoms with Crippen molar-refractivity contribution in [1.82, 2.24) is 9.62 Å². The average Bonchev–Trinajstić information content (AvgIpc) is 2.39. The molecule has 1 saturated heterocycles. The van der Waals surface area contributed by atoms with Crippen molar-refractivity contribution in [3.8, 4) is 0 Å². The molecule has 0 saturated carbocycles. The van der Waals surface area contributed by atoms with Crippen molar-refractivity contribution >= 4 is 10.0 Å². The maximum atomic E-state index is 13.1. The van der Waals surface area contributed by atoms with Crippen molar-refractivity contribution in [2.75, 3.05) is 33.3 Å². The molecule has 1 N–H and O–H groups in total. The summed E-state index contributed by atoms with van der Waals surface area (Å²) >= 11 is 0. The summed E-state index contributed by atoms with van der Waals surface area (Å²) in [4.78, 5) is 0.156. The van der Waals surface area contributed by atoms with E-state index in [-0.39, 0.29) is 11.0 Å². The maximum absolute atomic E-state index is 13.1. The van der Waals surface area contributed by atoms with Crippen LogP contribution in [0.4, 0.5) is 4.39 Å². The van der Waals surface area contributed by atoms with Crippen LogP contribution in [0.1, 0.15) is 5.56 Å². The Labute approximate surface area is 118 Å². The monoisotopic (exact) mass is 302 g/mol. The first-order valence-corrected chi connectivity index (χ1v) is 7.91. The van der Waals surface area contributed by atoms with Gasteiger partial charge in [-0.05, 0) is 37.7 Å². The molecule has 112 valence electrons. The number of sulfonamides is 1. The summed E-state index contributed by atoms with van der Waals surface area (Å²) < 4.78 is 45.2. The molecule has 1 aliphatic rings. The van der Waals surface area contributed by atoms with Crippen LogP contribution in [0, 0.1) is 12.7 Å². The number of likely N-dealkylation sites (N-methyl/N-ethyl adjacent to an activating group) is 1. The molecule has 0 spiro atoms. The number of aryl methyl sites for hydroxylation is 1. The van der Waals surface area contributed by atoms with Crippen LogP contribution in [-0.4, -0.2) is 52.1 Å².